The monoisotopic (exact) mass is 367 g/mol. The number of carbonyl (C=O) groups is 1. The molecular weight excluding hydrogens is 346 g/mol. The number of carbonyl (C=O) groups excluding carboxylic acids is 1. The van der Waals surface area contributed by atoms with E-state index in [1.54, 1.807) is 45.6 Å². The highest BCUT2D eigenvalue weighted by atomic mass is 16.6. The van der Waals surface area contributed by atoms with Gasteiger partial charge in [-0.3, -0.25) is 0 Å². The molecule has 0 aliphatic carbocycles. The predicted octanol–water partition coefficient (Wildman–Crippen LogP) is 3.62. The Kier molecular flexibility index (Phi) is 5.45. The minimum atomic E-state index is -0.510. The third-order valence-corrected chi connectivity index (χ3v) is 4.25. The number of aliphatic imine (C=N–C) groups is 1. The van der Waals surface area contributed by atoms with Crippen LogP contribution in [0.3, 0.4) is 0 Å². The molecule has 27 heavy (non-hydrogen) atoms. The number of rotatable bonds is 6. The summed E-state index contributed by atoms with van der Waals surface area (Å²) in [7, 11) is 4.69. The number of aryl methyl sites for hydroxylation is 1. The van der Waals surface area contributed by atoms with Crippen LogP contribution in [-0.2, 0) is 16.0 Å². The molecule has 2 aromatic rings. The lowest BCUT2D eigenvalue weighted by atomic mass is 10.1. The van der Waals surface area contributed by atoms with Gasteiger partial charge in [0.1, 0.15) is 5.75 Å². The van der Waals surface area contributed by atoms with Gasteiger partial charge >= 0.3 is 5.97 Å². The van der Waals surface area contributed by atoms with Gasteiger partial charge in [-0.1, -0.05) is 13.0 Å². The molecule has 1 aliphatic rings. The summed E-state index contributed by atoms with van der Waals surface area (Å²) in [6.45, 7) is 2.07. The first-order chi connectivity index (χ1) is 13.1. The number of nitrogens with zero attached hydrogens (tertiary/aromatic N) is 1. The molecule has 0 saturated carbocycles. The second-order valence-corrected chi connectivity index (χ2v) is 5.84. The Balaban J connectivity index is 1.98. The quantitative estimate of drug-likeness (QED) is 0.576. The summed E-state index contributed by atoms with van der Waals surface area (Å²) in [5, 5.41) is 0. The Bertz CT molecular complexity index is 930. The van der Waals surface area contributed by atoms with Crippen molar-refractivity contribution in [1.29, 1.82) is 0 Å². The molecule has 0 fully saturated rings. The fourth-order valence-electron chi connectivity index (χ4n) is 2.77. The summed E-state index contributed by atoms with van der Waals surface area (Å²) in [6.07, 6.45) is 2.55. The first kappa shape index (κ1) is 18.5. The van der Waals surface area contributed by atoms with Crippen molar-refractivity contribution < 1.29 is 23.7 Å². The lowest BCUT2D eigenvalue weighted by Crippen LogP contribution is -2.06. The van der Waals surface area contributed by atoms with Crippen molar-refractivity contribution in [3.05, 3.63) is 58.8 Å². The molecule has 1 heterocycles. The van der Waals surface area contributed by atoms with E-state index in [2.05, 4.69) is 11.9 Å². The largest absolute Gasteiger partial charge is 0.496 e. The van der Waals surface area contributed by atoms with Crippen molar-refractivity contribution in [2.75, 3.05) is 21.3 Å². The van der Waals surface area contributed by atoms with Gasteiger partial charge < -0.3 is 18.9 Å². The summed E-state index contributed by atoms with van der Waals surface area (Å²) in [4.78, 5) is 16.6. The number of methoxy groups -OCH3 is 3. The zero-order chi connectivity index (χ0) is 19.4. The van der Waals surface area contributed by atoms with Crippen molar-refractivity contribution in [2.24, 2.45) is 4.99 Å². The summed E-state index contributed by atoms with van der Waals surface area (Å²) < 4.78 is 21.2. The van der Waals surface area contributed by atoms with Crippen LogP contribution in [0.4, 0.5) is 0 Å². The number of esters is 1. The number of cyclic esters (lactones) is 1. The molecule has 6 heteroatoms. The molecule has 0 amide bonds. The number of benzene rings is 2. The number of ether oxygens (including phenoxy) is 4. The number of hydrogen-bond donors (Lipinski definition) is 0. The van der Waals surface area contributed by atoms with Crippen molar-refractivity contribution in [3.63, 3.8) is 0 Å². The van der Waals surface area contributed by atoms with Gasteiger partial charge in [-0.15, -0.1) is 0 Å². The van der Waals surface area contributed by atoms with Crippen LogP contribution in [-0.4, -0.2) is 33.2 Å². The van der Waals surface area contributed by atoms with Crippen molar-refractivity contribution in [1.82, 2.24) is 0 Å². The van der Waals surface area contributed by atoms with Crippen LogP contribution in [0, 0.1) is 0 Å². The standard InChI is InChI=1S/C21H21NO5/c1-5-13-6-8-17(24-2)15(10-13)11-16-21(23)27-20(22-16)14-7-9-18(25-3)19(12-14)26-4/h6-12H,5H2,1-4H3/b16-11+. The molecule has 2 aromatic carbocycles. The van der Waals surface area contributed by atoms with Crippen molar-refractivity contribution in [2.45, 2.75) is 13.3 Å². The van der Waals surface area contributed by atoms with Gasteiger partial charge in [0.25, 0.3) is 0 Å². The van der Waals surface area contributed by atoms with Gasteiger partial charge in [0.05, 0.1) is 21.3 Å². The fraction of sp³-hybridized carbons (Fsp3) is 0.238. The number of hydrogen-bond acceptors (Lipinski definition) is 6. The van der Waals surface area contributed by atoms with Gasteiger partial charge in [0.2, 0.25) is 5.90 Å². The fourth-order valence-corrected chi connectivity index (χ4v) is 2.77. The van der Waals surface area contributed by atoms with Crippen molar-refractivity contribution in [3.8, 4) is 17.2 Å². The van der Waals surface area contributed by atoms with E-state index in [1.807, 2.05) is 18.2 Å². The Labute approximate surface area is 158 Å². The Morgan fingerprint density at radius 2 is 1.67 bits per heavy atom. The minimum absolute atomic E-state index is 0.214. The van der Waals surface area contributed by atoms with E-state index in [1.165, 1.54) is 0 Å². The highest BCUT2D eigenvalue weighted by Crippen LogP contribution is 2.30. The van der Waals surface area contributed by atoms with Gasteiger partial charge in [-0.2, -0.15) is 0 Å². The van der Waals surface area contributed by atoms with E-state index in [0.717, 1.165) is 17.5 Å². The zero-order valence-electron chi connectivity index (χ0n) is 15.7. The summed E-state index contributed by atoms with van der Waals surface area (Å²) in [6, 6.07) is 11.1. The topological polar surface area (TPSA) is 66.3 Å². The maximum atomic E-state index is 12.3. The first-order valence-electron chi connectivity index (χ1n) is 8.51. The average molecular weight is 367 g/mol. The predicted molar refractivity (Wildman–Crippen MR) is 103 cm³/mol. The van der Waals surface area contributed by atoms with Gasteiger partial charge in [0.15, 0.2) is 17.2 Å². The average Bonchev–Trinajstić information content (AvgIpc) is 3.07. The molecule has 0 saturated heterocycles. The van der Waals surface area contributed by atoms with E-state index in [4.69, 9.17) is 18.9 Å². The molecule has 140 valence electrons. The Morgan fingerprint density at radius 3 is 2.33 bits per heavy atom. The van der Waals surface area contributed by atoms with Crippen molar-refractivity contribution >= 4 is 17.9 Å². The summed E-state index contributed by atoms with van der Waals surface area (Å²) in [5.74, 6) is 1.50. The summed E-state index contributed by atoms with van der Waals surface area (Å²) >= 11 is 0. The lowest BCUT2D eigenvalue weighted by Gasteiger charge is -2.08. The molecule has 0 radical (unpaired) electrons. The van der Waals surface area contributed by atoms with Crippen LogP contribution < -0.4 is 14.2 Å². The van der Waals surface area contributed by atoms with E-state index in [0.29, 0.717) is 22.8 Å². The highest BCUT2D eigenvalue weighted by molar-refractivity contribution is 6.13. The minimum Gasteiger partial charge on any atom is -0.496 e. The second kappa shape index (κ2) is 7.95. The molecule has 0 unspecified atom stereocenters. The molecule has 0 N–H and O–H groups in total. The van der Waals surface area contributed by atoms with Crippen LogP contribution >= 0.6 is 0 Å². The molecule has 6 nitrogen and oxygen atoms in total. The van der Waals surface area contributed by atoms with E-state index in [-0.39, 0.29) is 11.6 Å². The summed E-state index contributed by atoms with van der Waals surface area (Å²) in [5.41, 5.74) is 2.75. The van der Waals surface area contributed by atoms with Crippen LogP contribution in [0.25, 0.3) is 6.08 Å². The maximum Gasteiger partial charge on any atom is 0.363 e. The van der Waals surface area contributed by atoms with E-state index >= 15 is 0 Å². The molecule has 0 bridgehead atoms. The van der Waals surface area contributed by atoms with E-state index < -0.39 is 5.97 Å². The molecular formula is C21H21NO5. The molecule has 0 aromatic heterocycles. The zero-order valence-corrected chi connectivity index (χ0v) is 15.7. The van der Waals surface area contributed by atoms with Gasteiger partial charge in [-0.05, 0) is 48.4 Å². The molecule has 0 spiro atoms. The van der Waals surface area contributed by atoms with Gasteiger partial charge in [-0.25, -0.2) is 9.79 Å². The van der Waals surface area contributed by atoms with E-state index in [9.17, 15) is 4.79 Å². The SMILES string of the molecule is CCc1ccc(OC)c(/C=C2/N=C(c3ccc(OC)c(OC)c3)OC2=O)c1. The normalized spacial score (nSPS) is 14.7. The van der Waals surface area contributed by atoms with Crippen LogP contribution in [0.5, 0.6) is 17.2 Å². The van der Waals surface area contributed by atoms with Crippen LogP contribution in [0.15, 0.2) is 47.1 Å². The molecule has 3 rings (SSSR count). The van der Waals surface area contributed by atoms with Crippen LogP contribution in [0.2, 0.25) is 0 Å². The third kappa shape index (κ3) is 3.79. The first-order valence-corrected chi connectivity index (χ1v) is 8.51. The maximum absolute atomic E-state index is 12.3. The second-order valence-electron chi connectivity index (χ2n) is 5.84. The van der Waals surface area contributed by atoms with Gasteiger partial charge in [0, 0.05) is 11.1 Å². The Morgan fingerprint density at radius 1 is 0.963 bits per heavy atom. The Hall–Kier alpha value is -3.28. The highest BCUT2D eigenvalue weighted by Gasteiger charge is 2.25. The molecule has 1 aliphatic heterocycles. The smallest absolute Gasteiger partial charge is 0.363 e. The lowest BCUT2D eigenvalue weighted by molar-refractivity contribution is -0.129. The third-order valence-electron chi connectivity index (χ3n) is 4.25. The van der Waals surface area contributed by atoms with Crippen LogP contribution in [0.1, 0.15) is 23.6 Å². The molecule has 0 atom stereocenters.